The Morgan fingerprint density at radius 1 is 0.346 bits per heavy atom. The fourth-order valence-corrected chi connectivity index (χ4v) is 6.69. The SMILES string of the molecule is c1ccc(CN(Cc2ccccn2)Cc2nc(-c3cc4ccccc4c(CN(Cc4ccccn4)Cc4ccccn4)n3)cc3ccccc23)nc1. The average Bonchev–Trinajstić information content (AvgIpc) is 3.19. The van der Waals surface area contributed by atoms with Crippen LogP contribution in [0.5, 0.6) is 0 Å². The first-order chi connectivity index (χ1) is 25.7. The Morgan fingerprint density at radius 2 is 0.673 bits per heavy atom. The molecule has 0 radical (unpaired) electrons. The minimum absolute atomic E-state index is 0.615. The minimum Gasteiger partial charge on any atom is -0.286 e. The highest BCUT2D eigenvalue weighted by Crippen LogP contribution is 2.30. The second-order valence-corrected chi connectivity index (χ2v) is 12.9. The number of hydrogen-bond donors (Lipinski definition) is 0. The lowest BCUT2D eigenvalue weighted by atomic mass is 10.0. The largest absolute Gasteiger partial charge is 0.286 e. The molecule has 2 aromatic carbocycles. The van der Waals surface area contributed by atoms with Crippen LogP contribution in [0.15, 0.2) is 158 Å². The Hall–Kier alpha value is -6.22. The lowest BCUT2D eigenvalue weighted by Crippen LogP contribution is -2.24. The molecule has 0 fully saturated rings. The molecular formula is C44H38N8. The minimum atomic E-state index is 0.615. The van der Waals surface area contributed by atoms with E-state index in [4.69, 9.17) is 9.97 Å². The summed E-state index contributed by atoms with van der Waals surface area (Å²) in [6.07, 6.45) is 7.39. The van der Waals surface area contributed by atoms with E-state index in [2.05, 4.69) is 115 Å². The first-order valence-corrected chi connectivity index (χ1v) is 17.6. The molecule has 0 spiro atoms. The van der Waals surface area contributed by atoms with Crippen LogP contribution >= 0.6 is 0 Å². The second-order valence-electron chi connectivity index (χ2n) is 12.9. The van der Waals surface area contributed by atoms with Gasteiger partial charge in [-0.2, -0.15) is 0 Å². The van der Waals surface area contributed by atoms with Crippen LogP contribution in [0.25, 0.3) is 32.9 Å². The third-order valence-electron chi connectivity index (χ3n) is 9.09. The molecule has 0 saturated carbocycles. The Morgan fingerprint density at radius 3 is 1.00 bits per heavy atom. The Balaban J connectivity index is 1.18. The topological polar surface area (TPSA) is 83.8 Å². The van der Waals surface area contributed by atoms with Crippen molar-refractivity contribution >= 4 is 21.5 Å². The first kappa shape index (κ1) is 33.0. The maximum Gasteiger partial charge on any atom is 0.0896 e. The van der Waals surface area contributed by atoms with Gasteiger partial charge >= 0.3 is 0 Å². The average molecular weight is 679 g/mol. The molecule has 0 unspecified atom stereocenters. The van der Waals surface area contributed by atoms with E-state index in [0.29, 0.717) is 39.3 Å². The van der Waals surface area contributed by atoms with Gasteiger partial charge in [0.2, 0.25) is 0 Å². The van der Waals surface area contributed by atoms with Crippen molar-refractivity contribution < 1.29 is 0 Å². The Bertz CT molecular complexity index is 2120. The van der Waals surface area contributed by atoms with Crippen molar-refractivity contribution in [2.45, 2.75) is 39.3 Å². The summed E-state index contributed by atoms with van der Waals surface area (Å²) in [5.74, 6) is 0. The van der Waals surface area contributed by atoms with Crippen LogP contribution in [0, 0.1) is 0 Å². The molecule has 8 aromatic rings. The maximum absolute atomic E-state index is 5.38. The van der Waals surface area contributed by atoms with Crippen LogP contribution in [-0.2, 0) is 39.3 Å². The van der Waals surface area contributed by atoms with E-state index in [1.165, 1.54) is 0 Å². The zero-order valence-corrected chi connectivity index (χ0v) is 28.8. The highest BCUT2D eigenvalue weighted by atomic mass is 15.2. The standard InChI is InChI=1S/C44H38N8/c1-3-19-39-33(13-1)25-41(49-43(39)31-51(27-35-15-5-9-21-45-35)28-36-16-6-10-22-46-36)42-26-34-14-2-4-20-40(34)44(50-42)32-52(29-37-17-7-11-23-47-37)30-38-18-8-12-24-48-38/h1-26H,27-32H2. The van der Waals surface area contributed by atoms with Crippen LogP contribution in [-0.4, -0.2) is 39.7 Å². The lowest BCUT2D eigenvalue weighted by Gasteiger charge is -2.23. The lowest BCUT2D eigenvalue weighted by molar-refractivity contribution is 0.239. The van der Waals surface area contributed by atoms with Gasteiger partial charge in [0.05, 0.1) is 45.6 Å². The maximum atomic E-state index is 5.38. The molecular weight excluding hydrogens is 641 g/mol. The number of benzene rings is 2. The molecule has 6 heterocycles. The zero-order valence-electron chi connectivity index (χ0n) is 28.8. The van der Waals surface area contributed by atoms with E-state index < -0.39 is 0 Å². The summed E-state index contributed by atoms with van der Waals surface area (Å²) in [4.78, 5) is 34.0. The summed E-state index contributed by atoms with van der Waals surface area (Å²) in [5.41, 5.74) is 7.67. The van der Waals surface area contributed by atoms with Gasteiger partial charge < -0.3 is 0 Å². The third kappa shape index (κ3) is 8.05. The van der Waals surface area contributed by atoms with Crippen LogP contribution in [0.1, 0.15) is 34.2 Å². The molecule has 0 bridgehead atoms. The van der Waals surface area contributed by atoms with Gasteiger partial charge in [-0.3, -0.25) is 29.7 Å². The number of pyridine rings is 6. The molecule has 8 heteroatoms. The molecule has 8 nitrogen and oxygen atoms in total. The number of aromatic nitrogens is 6. The summed E-state index contributed by atoms with van der Waals surface area (Å²) in [7, 11) is 0. The van der Waals surface area contributed by atoms with Gasteiger partial charge in [0.1, 0.15) is 0 Å². The molecule has 0 atom stereocenters. The van der Waals surface area contributed by atoms with E-state index in [-0.39, 0.29) is 0 Å². The fourth-order valence-electron chi connectivity index (χ4n) is 6.69. The fraction of sp³-hybridized carbons (Fsp3) is 0.136. The van der Waals surface area contributed by atoms with Crippen molar-refractivity contribution in [2.24, 2.45) is 0 Å². The molecule has 0 aliphatic carbocycles. The number of nitrogens with zero attached hydrogens (tertiary/aromatic N) is 8. The highest BCUT2D eigenvalue weighted by molar-refractivity contribution is 5.90. The summed E-state index contributed by atoms with van der Waals surface area (Å²) >= 11 is 0. The van der Waals surface area contributed by atoms with Gasteiger partial charge in [-0.1, -0.05) is 72.8 Å². The normalized spacial score (nSPS) is 11.5. The summed E-state index contributed by atoms with van der Waals surface area (Å²) in [5, 5.41) is 4.50. The van der Waals surface area contributed by atoms with Crippen molar-refractivity contribution in [2.75, 3.05) is 0 Å². The molecule has 0 amide bonds. The third-order valence-corrected chi connectivity index (χ3v) is 9.09. The van der Waals surface area contributed by atoms with Gasteiger partial charge in [-0.15, -0.1) is 0 Å². The van der Waals surface area contributed by atoms with Crippen molar-refractivity contribution in [3.63, 3.8) is 0 Å². The van der Waals surface area contributed by atoms with Gasteiger partial charge in [0.25, 0.3) is 0 Å². The smallest absolute Gasteiger partial charge is 0.0896 e. The molecule has 0 N–H and O–H groups in total. The summed E-state index contributed by atoms with van der Waals surface area (Å²) < 4.78 is 0. The first-order valence-electron chi connectivity index (χ1n) is 17.6. The van der Waals surface area contributed by atoms with Gasteiger partial charge in [-0.25, -0.2) is 9.97 Å². The van der Waals surface area contributed by atoms with E-state index in [1.54, 1.807) is 0 Å². The Labute approximate surface area is 303 Å². The number of hydrogen-bond acceptors (Lipinski definition) is 8. The number of fused-ring (bicyclic) bond motifs is 2. The van der Waals surface area contributed by atoms with Crippen molar-refractivity contribution in [1.29, 1.82) is 0 Å². The predicted molar refractivity (Wildman–Crippen MR) is 205 cm³/mol. The molecule has 0 saturated heterocycles. The van der Waals surface area contributed by atoms with Gasteiger partial charge in [0, 0.05) is 74.8 Å². The van der Waals surface area contributed by atoms with Crippen LogP contribution in [0.3, 0.4) is 0 Å². The molecule has 6 aromatic heterocycles. The number of rotatable bonds is 13. The monoisotopic (exact) mass is 678 g/mol. The van der Waals surface area contributed by atoms with E-state index >= 15 is 0 Å². The van der Waals surface area contributed by atoms with Crippen LogP contribution < -0.4 is 0 Å². The van der Waals surface area contributed by atoms with Gasteiger partial charge in [-0.05, 0) is 71.4 Å². The van der Waals surface area contributed by atoms with Crippen molar-refractivity contribution in [1.82, 2.24) is 39.7 Å². The highest BCUT2D eigenvalue weighted by Gasteiger charge is 2.18. The molecule has 0 aliphatic rings. The zero-order chi connectivity index (χ0) is 35.0. The quantitative estimate of drug-likeness (QED) is 0.120. The van der Waals surface area contributed by atoms with Gasteiger partial charge in [0.15, 0.2) is 0 Å². The van der Waals surface area contributed by atoms with Crippen molar-refractivity contribution in [3.8, 4) is 11.4 Å². The molecule has 8 rings (SSSR count). The summed E-state index contributed by atoms with van der Waals surface area (Å²) in [6.45, 7) is 3.89. The second kappa shape index (κ2) is 15.8. The van der Waals surface area contributed by atoms with Crippen LogP contribution in [0.2, 0.25) is 0 Å². The predicted octanol–water partition coefficient (Wildman–Crippen LogP) is 8.43. The Kier molecular flexibility index (Phi) is 9.99. The van der Waals surface area contributed by atoms with E-state index in [9.17, 15) is 0 Å². The van der Waals surface area contributed by atoms with Crippen molar-refractivity contribution in [3.05, 3.63) is 192 Å². The summed E-state index contributed by atoms with van der Waals surface area (Å²) in [6, 6.07) is 45.5. The molecule has 254 valence electrons. The van der Waals surface area contributed by atoms with Crippen LogP contribution in [0.4, 0.5) is 0 Å². The molecule has 0 aliphatic heterocycles. The van der Waals surface area contributed by atoms with E-state index in [0.717, 1.165) is 67.1 Å². The van der Waals surface area contributed by atoms with E-state index in [1.807, 2.05) is 73.3 Å². The molecule has 52 heavy (non-hydrogen) atoms.